The molecule has 1 heterocycles. The molecule has 1 aliphatic heterocycles. The van der Waals surface area contributed by atoms with E-state index in [1.54, 1.807) is 24.5 Å². The number of carbonyl (C=O) groups is 5. The highest BCUT2D eigenvalue weighted by molar-refractivity contribution is 5.70. The van der Waals surface area contributed by atoms with Crippen LogP contribution < -0.4 is 0 Å². The third-order valence-electron chi connectivity index (χ3n) is 6.64. The molecule has 1 aliphatic rings. The Labute approximate surface area is 247 Å². The van der Waals surface area contributed by atoms with Gasteiger partial charge in [0.2, 0.25) is 0 Å². The first-order chi connectivity index (χ1) is 19.9. The molecule has 1 fully saturated rings. The summed E-state index contributed by atoms with van der Waals surface area (Å²) < 4.78 is 0. The van der Waals surface area contributed by atoms with Crippen molar-refractivity contribution in [3.63, 3.8) is 0 Å². The Morgan fingerprint density at radius 3 is 0.643 bits per heavy atom. The monoisotopic (exact) mass is 606 g/mol. The molecule has 0 aromatic heterocycles. The number of rotatable bonds is 11. The second kappa shape index (κ2) is 22.7. The van der Waals surface area contributed by atoms with E-state index in [9.17, 15) is 49.5 Å². The maximum absolute atomic E-state index is 11.5. The van der Waals surface area contributed by atoms with Crippen LogP contribution in [-0.4, -0.2) is 203 Å². The molecule has 0 aliphatic carbocycles. The quantitative estimate of drug-likeness (QED) is 0.177. The van der Waals surface area contributed by atoms with Gasteiger partial charge < -0.3 is 30.4 Å². The van der Waals surface area contributed by atoms with Gasteiger partial charge in [-0.05, 0) is 6.54 Å². The molecular formula is C26H50N6O10. The number of likely N-dealkylation sites (N-methyl/N-ethyl adjacent to an activating group) is 1. The van der Waals surface area contributed by atoms with Crippen LogP contribution in [0, 0.1) is 0 Å². The van der Waals surface area contributed by atoms with E-state index in [2.05, 4.69) is 4.90 Å². The van der Waals surface area contributed by atoms with Gasteiger partial charge in [0, 0.05) is 78.5 Å². The molecule has 1 rings (SSSR count). The van der Waals surface area contributed by atoms with Crippen molar-refractivity contribution in [1.82, 2.24) is 29.4 Å². The van der Waals surface area contributed by atoms with E-state index in [0.29, 0.717) is 32.7 Å². The highest BCUT2D eigenvalue weighted by Gasteiger charge is 2.21. The Hall–Kier alpha value is -2.89. The summed E-state index contributed by atoms with van der Waals surface area (Å²) in [5, 5.41) is 46.9. The molecular weight excluding hydrogens is 556 g/mol. The van der Waals surface area contributed by atoms with Crippen molar-refractivity contribution < 1.29 is 49.5 Å². The second-order valence-electron chi connectivity index (χ2n) is 9.78. The highest BCUT2D eigenvalue weighted by Crippen LogP contribution is 2.02. The molecule has 244 valence electrons. The predicted octanol–water partition coefficient (Wildman–Crippen LogP) is -1.72. The van der Waals surface area contributed by atoms with Gasteiger partial charge in [0.05, 0.1) is 32.7 Å². The van der Waals surface area contributed by atoms with Crippen LogP contribution in [-0.2, 0) is 24.0 Å². The first-order valence-electron chi connectivity index (χ1n) is 14.3. The minimum absolute atomic E-state index is 0.203. The van der Waals surface area contributed by atoms with Gasteiger partial charge in [0.15, 0.2) is 0 Å². The first-order valence-corrected chi connectivity index (χ1v) is 14.3. The molecule has 42 heavy (non-hydrogen) atoms. The van der Waals surface area contributed by atoms with Gasteiger partial charge in [-0.1, -0.05) is 20.8 Å². The largest absolute Gasteiger partial charge is 0.480 e. The van der Waals surface area contributed by atoms with E-state index in [4.69, 9.17) is 0 Å². The van der Waals surface area contributed by atoms with Crippen molar-refractivity contribution in [3.05, 3.63) is 0 Å². The molecule has 16 heteroatoms. The zero-order valence-electron chi connectivity index (χ0n) is 25.2. The van der Waals surface area contributed by atoms with E-state index in [1.165, 1.54) is 0 Å². The Balaban J connectivity index is 0.00000821. The van der Waals surface area contributed by atoms with Crippen LogP contribution in [0.4, 0.5) is 0 Å². The molecule has 0 bridgehead atoms. The summed E-state index contributed by atoms with van der Waals surface area (Å²) in [5.41, 5.74) is 0. The SMILES string of the molecule is CC.CCN1CCN(CC(=O)O)CCN(CC(=O)O)CCN(CC(=O)O)CCN(CC(=O)O)CCN(CC(=O)O)CC1. The Kier molecular flexibility index (Phi) is 21.1. The topological polar surface area (TPSA) is 206 Å². The summed E-state index contributed by atoms with van der Waals surface area (Å²) in [5.74, 6) is -5.24. The number of carboxylic acid groups (broad SMARTS) is 5. The lowest BCUT2D eigenvalue weighted by molar-refractivity contribution is -0.141. The summed E-state index contributed by atoms with van der Waals surface area (Å²) in [6.45, 7) is 8.96. The van der Waals surface area contributed by atoms with Crippen molar-refractivity contribution in [2.45, 2.75) is 20.8 Å². The van der Waals surface area contributed by atoms with Crippen LogP contribution >= 0.6 is 0 Å². The normalized spacial score (nSPS) is 19.1. The highest BCUT2D eigenvalue weighted by atomic mass is 16.4. The second-order valence-corrected chi connectivity index (χ2v) is 9.78. The maximum atomic E-state index is 11.5. The van der Waals surface area contributed by atoms with Crippen molar-refractivity contribution in [2.24, 2.45) is 0 Å². The van der Waals surface area contributed by atoms with Crippen LogP contribution in [0.25, 0.3) is 0 Å². The summed E-state index contributed by atoms with van der Waals surface area (Å²) in [7, 11) is 0. The first kappa shape index (κ1) is 39.1. The van der Waals surface area contributed by atoms with E-state index in [1.807, 2.05) is 20.8 Å². The third-order valence-corrected chi connectivity index (χ3v) is 6.64. The minimum atomic E-state index is -1.09. The van der Waals surface area contributed by atoms with E-state index < -0.39 is 29.8 Å². The average molecular weight is 607 g/mol. The zero-order chi connectivity index (χ0) is 32.1. The van der Waals surface area contributed by atoms with Gasteiger partial charge in [-0.25, -0.2) is 0 Å². The average Bonchev–Trinajstić information content (AvgIpc) is 2.89. The van der Waals surface area contributed by atoms with Crippen LogP contribution in [0.1, 0.15) is 20.8 Å². The molecule has 0 spiro atoms. The van der Waals surface area contributed by atoms with E-state index in [0.717, 1.165) is 0 Å². The molecule has 0 atom stereocenters. The van der Waals surface area contributed by atoms with Crippen LogP contribution in [0.5, 0.6) is 0 Å². The molecule has 0 amide bonds. The van der Waals surface area contributed by atoms with Gasteiger partial charge in [-0.2, -0.15) is 0 Å². The molecule has 1 saturated heterocycles. The smallest absolute Gasteiger partial charge is 0.317 e. The van der Waals surface area contributed by atoms with Gasteiger partial charge in [-0.15, -0.1) is 0 Å². The fourth-order valence-electron chi connectivity index (χ4n) is 4.43. The molecule has 5 N–H and O–H groups in total. The molecule has 0 saturated carbocycles. The fourth-order valence-corrected chi connectivity index (χ4v) is 4.43. The molecule has 0 aromatic rings. The van der Waals surface area contributed by atoms with Crippen LogP contribution in [0.15, 0.2) is 0 Å². The lowest BCUT2D eigenvalue weighted by Crippen LogP contribution is -2.48. The van der Waals surface area contributed by atoms with Gasteiger partial charge in [-0.3, -0.25) is 48.5 Å². The molecule has 0 unspecified atom stereocenters. The fraction of sp³-hybridized carbons (Fsp3) is 0.808. The van der Waals surface area contributed by atoms with Gasteiger partial charge >= 0.3 is 29.8 Å². The van der Waals surface area contributed by atoms with Crippen molar-refractivity contribution >= 4 is 29.8 Å². The Bertz CT molecular complexity index is 777. The Morgan fingerprint density at radius 2 is 0.524 bits per heavy atom. The lowest BCUT2D eigenvalue weighted by atomic mass is 10.3. The van der Waals surface area contributed by atoms with E-state index in [-0.39, 0.29) is 85.1 Å². The predicted molar refractivity (Wildman–Crippen MR) is 154 cm³/mol. The summed E-state index contributed by atoms with van der Waals surface area (Å²) in [6, 6.07) is 0. The minimum Gasteiger partial charge on any atom is -0.480 e. The molecule has 0 aromatic carbocycles. The number of hydrogen-bond donors (Lipinski definition) is 5. The third kappa shape index (κ3) is 20.1. The number of aliphatic carboxylic acids is 5. The van der Waals surface area contributed by atoms with Crippen molar-refractivity contribution in [3.8, 4) is 0 Å². The van der Waals surface area contributed by atoms with E-state index >= 15 is 0 Å². The van der Waals surface area contributed by atoms with Gasteiger partial charge in [0.25, 0.3) is 0 Å². The zero-order valence-corrected chi connectivity index (χ0v) is 25.2. The lowest BCUT2D eigenvalue weighted by Gasteiger charge is -2.32. The number of carboxylic acids is 5. The van der Waals surface area contributed by atoms with Crippen LogP contribution in [0.2, 0.25) is 0 Å². The number of nitrogens with zero attached hydrogens (tertiary/aromatic N) is 6. The maximum Gasteiger partial charge on any atom is 0.317 e. The van der Waals surface area contributed by atoms with Crippen LogP contribution in [0.3, 0.4) is 0 Å². The standard InChI is InChI=1S/C24H44N6O10.C2H6/c1-2-25-3-5-26(15-20(31)32)7-9-28(17-22(35)36)11-13-30(19-24(39)40)14-12-29(18-23(37)38)10-8-27(6-4-25)16-21(33)34;1-2/h2-19H2,1H3,(H,31,32)(H,33,34)(H,35,36)(H,37,38)(H,39,40);1-2H3. The van der Waals surface area contributed by atoms with Crippen molar-refractivity contribution in [1.29, 1.82) is 0 Å². The molecule has 0 radical (unpaired) electrons. The van der Waals surface area contributed by atoms with Crippen molar-refractivity contribution in [2.75, 3.05) is 118 Å². The molecule has 16 nitrogen and oxygen atoms in total. The summed E-state index contributed by atoms with van der Waals surface area (Å²) in [4.78, 5) is 67.7. The number of hydrogen-bond acceptors (Lipinski definition) is 11. The van der Waals surface area contributed by atoms with Gasteiger partial charge in [0.1, 0.15) is 0 Å². The summed E-state index contributed by atoms with van der Waals surface area (Å²) >= 11 is 0. The summed E-state index contributed by atoms with van der Waals surface area (Å²) in [6.07, 6.45) is 0. The Morgan fingerprint density at radius 1 is 0.381 bits per heavy atom.